The van der Waals surface area contributed by atoms with Gasteiger partial charge in [0.15, 0.2) is 18.1 Å². The van der Waals surface area contributed by atoms with Gasteiger partial charge in [-0.3, -0.25) is 4.79 Å². The molecule has 0 aliphatic carbocycles. The number of hydrogen-bond acceptors (Lipinski definition) is 5. The van der Waals surface area contributed by atoms with Gasteiger partial charge >= 0.3 is 0 Å². The number of hydrogen-bond donors (Lipinski definition) is 1. The largest absolute Gasteiger partial charge is 0.490 e. The van der Waals surface area contributed by atoms with Gasteiger partial charge < -0.3 is 19.5 Å². The first-order valence-corrected chi connectivity index (χ1v) is 8.94. The van der Waals surface area contributed by atoms with E-state index in [0.29, 0.717) is 43.2 Å². The monoisotopic (exact) mass is 368 g/mol. The fourth-order valence-electron chi connectivity index (χ4n) is 2.42. The Morgan fingerprint density at radius 3 is 2.37 bits per heavy atom. The Morgan fingerprint density at radius 2 is 1.70 bits per heavy atom. The van der Waals surface area contributed by atoms with Crippen molar-refractivity contribution < 1.29 is 19.0 Å². The number of amides is 1. The van der Waals surface area contributed by atoms with E-state index in [1.165, 1.54) is 0 Å². The van der Waals surface area contributed by atoms with Crippen LogP contribution in [0.25, 0.3) is 0 Å². The molecule has 0 aliphatic rings. The number of carbonyl (C=O) groups is 1. The molecule has 0 spiro atoms. The molecule has 2 aromatic rings. The molecule has 1 amide bonds. The van der Waals surface area contributed by atoms with Crippen LogP contribution in [-0.4, -0.2) is 32.3 Å². The standard InChI is InChI=1S/C21H24N2O4/c1-3-25-19-10-7-16(13-20(19)26-4-2)11-12-23-21(24)15-27-18-8-5-17(14-22)6-9-18/h5-10,13H,3-4,11-12,15H2,1-2H3,(H,23,24). The summed E-state index contributed by atoms with van der Waals surface area (Å²) in [7, 11) is 0. The summed E-state index contributed by atoms with van der Waals surface area (Å²) in [5, 5.41) is 11.6. The van der Waals surface area contributed by atoms with E-state index >= 15 is 0 Å². The van der Waals surface area contributed by atoms with Gasteiger partial charge in [-0.1, -0.05) is 6.07 Å². The van der Waals surface area contributed by atoms with Crippen molar-refractivity contribution in [2.45, 2.75) is 20.3 Å². The minimum atomic E-state index is -0.199. The Morgan fingerprint density at radius 1 is 1.00 bits per heavy atom. The summed E-state index contributed by atoms with van der Waals surface area (Å²) in [5.74, 6) is 1.79. The summed E-state index contributed by atoms with van der Waals surface area (Å²) in [6, 6.07) is 14.5. The van der Waals surface area contributed by atoms with E-state index in [1.54, 1.807) is 24.3 Å². The van der Waals surface area contributed by atoms with Crippen LogP contribution >= 0.6 is 0 Å². The Balaban J connectivity index is 1.78. The van der Waals surface area contributed by atoms with Gasteiger partial charge in [-0.05, 0) is 62.2 Å². The van der Waals surface area contributed by atoms with Crippen molar-refractivity contribution in [2.24, 2.45) is 0 Å². The highest BCUT2D eigenvalue weighted by Gasteiger charge is 2.07. The zero-order chi connectivity index (χ0) is 19.5. The fraction of sp³-hybridized carbons (Fsp3) is 0.333. The number of nitriles is 1. The van der Waals surface area contributed by atoms with Crippen LogP contribution in [0.3, 0.4) is 0 Å². The lowest BCUT2D eigenvalue weighted by atomic mass is 10.1. The van der Waals surface area contributed by atoms with Crippen LogP contribution in [0.1, 0.15) is 25.0 Å². The maximum Gasteiger partial charge on any atom is 0.257 e. The minimum absolute atomic E-state index is 0.0701. The molecule has 142 valence electrons. The van der Waals surface area contributed by atoms with E-state index in [-0.39, 0.29) is 12.5 Å². The van der Waals surface area contributed by atoms with Gasteiger partial charge in [0.05, 0.1) is 24.8 Å². The lowest BCUT2D eigenvalue weighted by molar-refractivity contribution is -0.123. The van der Waals surface area contributed by atoms with E-state index in [0.717, 1.165) is 11.3 Å². The van der Waals surface area contributed by atoms with Gasteiger partial charge in [0.2, 0.25) is 0 Å². The summed E-state index contributed by atoms with van der Waals surface area (Å²) in [6.07, 6.45) is 0.676. The lowest BCUT2D eigenvalue weighted by Crippen LogP contribution is -2.30. The van der Waals surface area contributed by atoms with Crippen LogP contribution in [0.4, 0.5) is 0 Å². The number of rotatable bonds is 10. The number of nitrogens with one attached hydrogen (secondary N) is 1. The predicted octanol–water partition coefficient (Wildman–Crippen LogP) is 3.09. The molecule has 6 heteroatoms. The van der Waals surface area contributed by atoms with Crippen LogP contribution in [0.15, 0.2) is 42.5 Å². The molecule has 2 aromatic carbocycles. The Labute approximate surface area is 159 Å². The van der Waals surface area contributed by atoms with Crippen molar-refractivity contribution in [3.05, 3.63) is 53.6 Å². The van der Waals surface area contributed by atoms with Crippen molar-refractivity contribution in [3.8, 4) is 23.3 Å². The third-order valence-corrected chi connectivity index (χ3v) is 3.70. The zero-order valence-corrected chi connectivity index (χ0v) is 15.7. The SMILES string of the molecule is CCOc1ccc(CCNC(=O)COc2ccc(C#N)cc2)cc1OCC. The van der Waals surface area contributed by atoms with Crippen LogP contribution in [0, 0.1) is 11.3 Å². The molecule has 0 heterocycles. The van der Waals surface area contributed by atoms with Crippen LogP contribution in [0.5, 0.6) is 17.2 Å². The third kappa shape index (κ3) is 6.55. The fourth-order valence-corrected chi connectivity index (χ4v) is 2.42. The lowest BCUT2D eigenvalue weighted by Gasteiger charge is -2.13. The average molecular weight is 368 g/mol. The van der Waals surface area contributed by atoms with Gasteiger partial charge in [-0.15, -0.1) is 0 Å². The van der Waals surface area contributed by atoms with Gasteiger partial charge in [0, 0.05) is 6.54 Å². The summed E-state index contributed by atoms with van der Waals surface area (Å²) >= 11 is 0. The Bertz CT molecular complexity index is 782. The third-order valence-electron chi connectivity index (χ3n) is 3.70. The molecule has 0 bridgehead atoms. The molecule has 0 radical (unpaired) electrons. The molecule has 0 unspecified atom stereocenters. The van der Waals surface area contributed by atoms with E-state index in [9.17, 15) is 4.79 Å². The molecule has 27 heavy (non-hydrogen) atoms. The van der Waals surface area contributed by atoms with Crippen molar-refractivity contribution in [3.63, 3.8) is 0 Å². The molecule has 0 saturated heterocycles. The normalized spacial score (nSPS) is 9.96. The maximum absolute atomic E-state index is 11.9. The number of carbonyl (C=O) groups excluding carboxylic acids is 1. The van der Waals surface area contributed by atoms with Gasteiger partial charge in [-0.2, -0.15) is 5.26 Å². The molecular formula is C21H24N2O4. The van der Waals surface area contributed by atoms with E-state index in [1.807, 2.05) is 38.1 Å². The first kappa shape index (κ1) is 20.1. The highest BCUT2D eigenvalue weighted by atomic mass is 16.5. The number of benzene rings is 2. The molecule has 0 saturated carbocycles. The quantitative estimate of drug-likeness (QED) is 0.697. The summed E-state index contributed by atoms with van der Waals surface area (Å²) in [6.45, 7) is 5.42. The van der Waals surface area contributed by atoms with E-state index in [4.69, 9.17) is 19.5 Å². The van der Waals surface area contributed by atoms with E-state index < -0.39 is 0 Å². The maximum atomic E-state index is 11.9. The molecule has 6 nitrogen and oxygen atoms in total. The Hall–Kier alpha value is -3.20. The van der Waals surface area contributed by atoms with Crippen molar-refractivity contribution >= 4 is 5.91 Å². The first-order valence-electron chi connectivity index (χ1n) is 8.94. The predicted molar refractivity (Wildman–Crippen MR) is 102 cm³/mol. The molecule has 0 atom stereocenters. The van der Waals surface area contributed by atoms with Crippen LogP contribution in [0.2, 0.25) is 0 Å². The average Bonchev–Trinajstić information content (AvgIpc) is 2.69. The number of nitrogens with zero attached hydrogens (tertiary/aromatic N) is 1. The minimum Gasteiger partial charge on any atom is -0.490 e. The molecule has 0 aliphatic heterocycles. The summed E-state index contributed by atoms with van der Waals surface area (Å²) < 4.78 is 16.6. The van der Waals surface area contributed by atoms with Crippen molar-refractivity contribution in [1.82, 2.24) is 5.32 Å². The summed E-state index contributed by atoms with van der Waals surface area (Å²) in [4.78, 5) is 11.9. The van der Waals surface area contributed by atoms with Crippen LogP contribution < -0.4 is 19.5 Å². The molecule has 0 aromatic heterocycles. The van der Waals surface area contributed by atoms with Crippen LogP contribution in [-0.2, 0) is 11.2 Å². The second kappa shape index (κ2) is 10.7. The molecular weight excluding hydrogens is 344 g/mol. The highest BCUT2D eigenvalue weighted by molar-refractivity contribution is 5.77. The smallest absolute Gasteiger partial charge is 0.257 e. The highest BCUT2D eigenvalue weighted by Crippen LogP contribution is 2.28. The Kier molecular flexibility index (Phi) is 7.98. The van der Waals surface area contributed by atoms with Crippen molar-refractivity contribution in [2.75, 3.05) is 26.4 Å². The molecule has 2 rings (SSSR count). The zero-order valence-electron chi connectivity index (χ0n) is 15.7. The second-order valence-electron chi connectivity index (χ2n) is 5.67. The topological polar surface area (TPSA) is 80.6 Å². The first-order chi connectivity index (χ1) is 13.2. The molecule has 0 fully saturated rings. The van der Waals surface area contributed by atoms with Gasteiger partial charge in [0.25, 0.3) is 5.91 Å². The summed E-state index contributed by atoms with van der Waals surface area (Å²) in [5.41, 5.74) is 1.60. The van der Waals surface area contributed by atoms with Gasteiger partial charge in [0.1, 0.15) is 5.75 Å². The number of ether oxygens (including phenoxy) is 3. The second-order valence-corrected chi connectivity index (χ2v) is 5.67. The molecule has 1 N–H and O–H groups in total. The van der Waals surface area contributed by atoms with Crippen molar-refractivity contribution in [1.29, 1.82) is 5.26 Å². The van der Waals surface area contributed by atoms with E-state index in [2.05, 4.69) is 5.32 Å². The van der Waals surface area contributed by atoms with Gasteiger partial charge in [-0.25, -0.2) is 0 Å².